The van der Waals surface area contributed by atoms with E-state index in [1.807, 2.05) is 19.9 Å². The van der Waals surface area contributed by atoms with Gasteiger partial charge in [-0.3, -0.25) is 0 Å². The molecule has 0 spiro atoms. The predicted octanol–water partition coefficient (Wildman–Crippen LogP) is 5.41. The minimum atomic E-state index is -0.730. The SMILES string of the molecule is C/C(=C\Cc1c(O)cc(C)c(Cl)c1O)CCC[C@](C)(O)CCCC(C)(C)O. The first-order valence-electron chi connectivity index (χ1n) is 9.63. The van der Waals surface area contributed by atoms with E-state index in [1.54, 1.807) is 26.8 Å². The van der Waals surface area contributed by atoms with Gasteiger partial charge in [0.15, 0.2) is 0 Å². The lowest BCUT2D eigenvalue weighted by molar-refractivity contribution is 0.0226. The molecule has 4 N–H and O–H groups in total. The second-order valence-corrected chi connectivity index (χ2v) is 9.00. The van der Waals surface area contributed by atoms with Crippen molar-refractivity contribution < 1.29 is 20.4 Å². The number of hydrogen-bond acceptors (Lipinski definition) is 4. The Labute approximate surface area is 168 Å². The van der Waals surface area contributed by atoms with Crippen LogP contribution in [0.1, 0.15) is 77.3 Å². The van der Waals surface area contributed by atoms with Crippen LogP contribution in [-0.2, 0) is 6.42 Å². The summed E-state index contributed by atoms with van der Waals surface area (Å²) in [5.74, 6) is -0.0128. The van der Waals surface area contributed by atoms with Gasteiger partial charge in [-0.2, -0.15) is 0 Å². The highest BCUT2D eigenvalue weighted by Gasteiger charge is 2.21. The van der Waals surface area contributed by atoms with Gasteiger partial charge in [0.2, 0.25) is 0 Å². The molecule has 0 fully saturated rings. The number of aromatic hydroxyl groups is 2. The largest absolute Gasteiger partial charge is 0.508 e. The number of aryl methyl sites for hydroxylation is 1. The topological polar surface area (TPSA) is 80.9 Å². The minimum Gasteiger partial charge on any atom is -0.508 e. The monoisotopic (exact) mass is 398 g/mol. The summed E-state index contributed by atoms with van der Waals surface area (Å²) in [7, 11) is 0. The Kier molecular flexibility index (Phi) is 8.65. The molecule has 154 valence electrons. The summed E-state index contributed by atoms with van der Waals surface area (Å²) >= 11 is 6.05. The van der Waals surface area contributed by atoms with Gasteiger partial charge in [-0.05, 0) is 91.2 Å². The predicted molar refractivity (Wildman–Crippen MR) is 112 cm³/mol. The molecule has 1 atom stereocenters. The van der Waals surface area contributed by atoms with Crippen molar-refractivity contribution in [2.75, 3.05) is 0 Å². The third-order valence-electron chi connectivity index (χ3n) is 4.95. The normalized spacial score (nSPS) is 15.0. The van der Waals surface area contributed by atoms with Crippen molar-refractivity contribution >= 4 is 11.6 Å². The Balaban J connectivity index is 2.51. The Morgan fingerprint density at radius 3 is 2.26 bits per heavy atom. The summed E-state index contributed by atoms with van der Waals surface area (Å²) in [5, 5.41) is 40.7. The van der Waals surface area contributed by atoms with E-state index in [-0.39, 0.29) is 16.5 Å². The van der Waals surface area contributed by atoms with E-state index in [1.165, 1.54) is 0 Å². The highest BCUT2D eigenvalue weighted by atomic mass is 35.5. The molecule has 0 aliphatic carbocycles. The summed E-state index contributed by atoms with van der Waals surface area (Å²) in [6.45, 7) is 9.16. The van der Waals surface area contributed by atoms with Gasteiger partial charge < -0.3 is 20.4 Å². The van der Waals surface area contributed by atoms with E-state index in [4.69, 9.17) is 11.6 Å². The summed E-state index contributed by atoms with van der Waals surface area (Å²) in [5.41, 5.74) is 0.794. The molecule has 0 saturated carbocycles. The molecule has 0 aliphatic heterocycles. The number of allylic oxidation sites excluding steroid dienone is 2. The fourth-order valence-corrected chi connectivity index (χ4v) is 3.32. The average molecular weight is 399 g/mol. The fraction of sp³-hybridized carbons (Fsp3) is 0.636. The first-order valence-corrected chi connectivity index (χ1v) is 10.0. The molecule has 1 aromatic carbocycles. The number of benzene rings is 1. The van der Waals surface area contributed by atoms with E-state index >= 15 is 0 Å². The molecular formula is C22H35ClO4. The molecule has 27 heavy (non-hydrogen) atoms. The van der Waals surface area contributed by atoms with E-state index in [0.717, 1.165) is 24.8 Å². The molecule has 4 nitrogen and oxygen atoms in total. The van der Waals surface area contributed by atoms with Crippen LogP contribution in [0.3, 0.4) is 0 Å². The molecular weight excluding hydrogens is 364 g/mol. The second kappa shape index (κ2) is 9.81. The van der Waals surface area contributed by atoms with E-state index < -0.39 is 11.2 Å². The highest BCUT2D eigenvalue weighted by molar-refractivity contribution is 6.33. The fourth-order valence-electron chi connectivity index (χ4n) is 3.15. The molecule has 0 unspecified atom stereocenters. The molecule has 0 radical (unpaired) electrons. The van der Waals surface area contributed by atoms with E-state index in [2.05, 4.69) is 0 Å². The quantitative estimate of drug-likeness (QED) is 0.397. The molecule has 1 aromatic rings. The number of phenolic OH excluding ortho intramolecular Hbond substituents is 2. The van der Waals surface area contributed by atoms with E-state index in [0.29, 0.717) is 36.8 Å². The van der Waals surface area contributed by atoms with Gasteiger partial charge in [-0.25, -0.2) is 0 Å². The van der Waals surface area contributed by atoms with Crippen molar-refractivity contribution in [2.45, 2.75) is 90.8 Å². The van der Waals surface area contributed by atoms with Crippen molar-refractivity contribution in [3.63, 3.8) is 0 Å². The average Bonchev–Trinajstić information content (AvgIpc) is 2.51. The first kappa shape index (κ1) is 23.8. The van der Waals surface area contributed by atoms with Crippen molar-refractivity contribution in [2.24, 2.45) is 0 Å². The third kappa shape index (κ3) is 8.54. The van der Waals surface area contributed by atoms with Crippen LogP contribution >= 0.6 is 11.6 Å². The Morgan fingerprint density at radius 1 is 1.07 bits per heavy atom. The summed E-state index contributed by atoms with van der Waals surface area (Å²) in [6.07, 6.45) is 6.90. The number of halogens is 1. The van der Waals surface area contributed by atoms with Crippen LogP contribution in [0.2, 0.25) is 5.02 Å². The standard InChI is InChI=1S/C22H35ClO4/c1-15(8-6-12-22(5,27)13-7-11-21(3,4)26)9-10-17-18(24)14-16(2)19(23)20(17)25/h9,14,24-27H,6-8,10-13H2,1-5H3/b15-9+/t22-/m0/s1. The summed E-state index contributed by atoms with van der Waals surface area (Å²) in [6, 6.07) is 1.56. The molecule has 0 aliphatic rings. The van der Waals surface area contributed by atoms with Crippen molar-refractivity contribution in [3.8, 4) is 11.5 Å². The smallest absolute Gasteiger partial charge is 0.141 e. The van der Waals surface area contributed by atoms with Crippen molar-refractivity contribution in [3.05, 3.63) is 33.9 Å². The van der Waals surface area contributed by atoms with Gasteiger partial charge in [0.05, 0.1) is 16.2 Å². The van der Waals surface area contributed by atoms with Crippen molar-refractivity contribution in [1.82, 2.24) is 0 Å². The summed E-state index contributed by atoms with van der Waals surface area (Å²) in [4.78, 5) is 0. The van der Waals surface area contributed by atoms with Crippen molar-refractivity contribution in [1.29, 1.82) is 0 Å². The molecule has 0 amide bonds. The Hall–Kier alpha value is -1.23. The molecule has 5 heteroatoms. The zero-order valence-electron chi connectivity index (χ0n) is 17.3. The zero-order valence-corrected chi connectivity index (χ0v) is 18.0. The van der Waals surface area contributed by atoms with Crippen LogP contribution in [0.15, 0.2) is 17.7 Å². The zero-order chi connectivity index (χ0) is 20.8. The molecule has 0 heterocycles. The third-order valence-corrected chi connectivity index (χ3v) is 5.42. The number of hydrogen-bond donors (Lipinski definition) is 4. The van der Waals surface area contributed by atoms with Crippen LogP contribution < -0.4 is 0 Å². The van der Waals surface area contributed by atoms with Gasteiger partial charge >= 0.3 is 0 Å². The molecule has 1 rings (SSSR count). The number of phenols is 2. The second-order valence-electron chi connectivity index (χ2n) is 8.62. The van der Waals surface area contributed by atoms with E-state index in [9.17, 15) is 20.4 Å². The van der Waals surface area contributed by atoms with Crippen LogP contribution in [0, 0.1) is 6.92 Å². The van der Waals surface area contributed by atoms with Gasteiger partial charge in [-0.1, -0.05) is 23.3 Å². The number of aliphatic hydroxyl groups is 2. The van der Waals surface area contributed by atoms with Gasteiger partial charge in [0, 0.05) is 5.56 Å². The number of rotatable bonds is 10. The maximum atomic E-state index is 10.5. The lowest BCUT2D eigenvalue weighted by Gasteiger charge is -2.25. The van der Waals surface area contributed by atoms with Gasteiger partial charge in [0.25, 0.3) is 0 Å². The molecule has 0 aromatic heterocycles. The highest BCUT2D eigenvalue weighted by Crippen LogP contribution is 2.37. The molecule has 0 bridgehead atoms. The Morgan fingerprint density at radius 2 is 1.67 bits per heavy atom. The maximum Gasteiger partial charge on any atom is 0.141 e. The van der Waals surface area contributed by atoms with Crippen LogP contribution in [0.25, 0.3) is 0 Å². The van der Waals surface area contributed by atoms with Crippen LogP contribution in [0.4, 0.5) is 0 Å². The Bertz CT molecular complexity index is 657. The summed E-state index contributed by atoms with van der Waals surface area (Å²) < 4.78 is 0. The van der Waals surface area contributed by atoms with Crippen LogP contribution in [0.5, 0.6) is 11.5 Å². The van der Waals surface area contributed by atoms with Crippen LogP contribution in [-0.4, -0.2) is 31.6 Å². The molecule has 0 saturated heterocycles. The lowest BCUT2D eigenvalue weighted by atomic mass is 9.89. The van der Waals surface area contributed by atoms with Gasteiger partial charge in [-0.15, -0.1) is 0 Å². The lowest BCUT2D eigenvalue weighted by Crippen LogP contribution is -2.26. The minimum absolute atomic E-state index is 0.0493. The maximum absolute atomic E-state index is 10.5. The first-order chi connectivity index (χ1) is 12.3. The van der Waals surface area contributed by atoms with Gasteiger partial charge in [0.1, 0.15) is 11.5 Å².